The number of carbonyl (C=O) groups is 1. The predicted molar refractivity (Wildman–Crippen MR) is 121 cm³/mol. The van der Waals surface area contributed by atoms with Crippen molar-refractivity contribution in [3.8, 4) is 0 Å². The maximum Gasteiger partial charge on any atom is 0.254 e. The molecule has 0 spiro atoms. The van der Waals surface area contributed by atoms with Gasteiger partial charge in [-0.2, -0.15) is 0 Å². The summed E-state index contributed by atoms with van der Waals surface area (Å²) < 4.78 is -1.03. The van der Waals surface area contributed by atoms with Crippen molar-refractivity contribution in [2.24, 2.45) is 0 Å². The van der Waals surface area contributed by atoms with Crippen LogP contribution in [0.1, 0.15) is 15.9 Å². The van der Waals surface area contributed by atoms with E-state index in [-0.39, 0.29) is 11.0 Å². The van der Waals surface area contributed by atoms with E-state index in [2.05, 4.69) is 38.5 Å². The minimum absolute atomic E-state index is 0.221. The number of hydrogen-bond donors (Lipinski definition) is 3. The molecule has 0 radical (unpaired) electrons. The Morgan fingerprint density at radius 2 is 1.69 bits per heavy atom. The summed E-state index contributed by atoms with van der Waals surface area (Å²) in [6.07, 6.45) is -1.03. The molecule has 138 valence electrons. The number of halogens is 4. The van der Waals surface area contributed by atoms with Gasteiger partial charge in [0.15, 0.2) is 5.11 Å². The minimum atomic E-state index is -1.81. The van der Waals surface area contributed by atoms with E-state index < -0.39 is 9.96 Å². The molecule has 0 fully saturated rings. The third kappa shape index (κ3) is 6.13. The third-order valence-electron chi connectivity index (χ3n) is 3.39. The number of anilines is 1. The van der Waals surface area contributed by atoms with Crippen LogP contribution in [-0.4, -0.2) is 21.0 Å². The van der Waals surface area contributed by atoms with Crippen LogP contribution in [-0.2, 0) is 0 Å². The summed E-state index contributed by atoms with van der Waals surface area (Å²) in [7, 11) is 0. The summed E-state index contributed by atoms with van der Waals surface area (Å²) in [5.41, 5.74) is 2.30. The number of hydrogen-bond acceptors (Lipinski definition) is 2. The van der Waals surface area contributed by atoms with Crippen molar-refractivity contribution in [3.05, 3.63) is 63.2 Å². The van der Waals surface area contributed by atoms with E-state index in [0.29, 0.717) is 5.56 Å². The number of benzene rings is 2. The van der Waals surface area contributed by atoms with E-state index in [9.17, 15) is 4.79 Å². The molecule has 1 atom stereocenters. The first-order valence-corrected chi connectivity index (χ1v) is 10.1. The largest absolute Gasteiger partial charge is 0.339 e. The highest BCUT2D eigenvalue weighted by molar-refractivity contribution is 14.1. The molecule has 2 aromatic carbocycles. The molecule has 26 heavy (non-hydrogen) atoms. The zero-order valence-corrected chi connectivity index (χ0v) is 18.8. The fourth-order valence-electron chi connectivity index (χ4n) is 2.06. The standard InChI is InChI=1S/C17H15Cl3IN3OS/c1-10-6-2-5-9-13(10)22-16(26)24-15(17(18,19)20)23-14(25)11-7-3-4-8-12(11)21/h2-9,15H,1H3,(H,23,25)(H2,22,24,26). The van der Waals surface area contributed by atoms with Gasteiger partial charge in [-0.3, -0.25) is 4.79 Å². The molecule has 0 aliphatic rings. The molecule has 0 saturated carbocycles. The van der Waals surface area contributed by atoms with Gasteiger partial charge in [0.05, 0.1) is 5.56 Å². The van der Waals surface area contributed by atoms with Crippen LogP contribution in [0.3, 0.4) is 0 Å². The molecule has 9 heteroatoms. The van der Waals surface area contributed by atoms with E-state index >= 15 is 0 Å². The molecule has 0 heterocycles. The van der Waals surface area contributed by atoms with Gasteiger partial charge in [0.1, 0.15) is 6.17 Å². The van der Waals surface area contributed by atoms with E-state index in [1.807, 2.05) is 43.3 Å². The van der Waals surface area contributed by atoms with E-state index in [1.165, 1.54) is 0 Å². The number of amides is 1. The lowest BCUT2D eigenvalue weighted by molar-refractivity contribution is 0.0933. The highest BCUT2D eigenvalue weighted by Crippen LogP contribution is 2.29. The number of nitrogens with one attached hydrogen (secondary N) is 3. The van der Waals surface area contributed by atoms with Crippen molar-refractivity contribution in [1.29, 1.82) is 0 Å². The maximum absolute atomic E-state index is 12.5. The van der Waals surface area contributed by atoms with Crippen molar-refractivity contribution >= 4 is 86.3 Å². The van der Waals surface area contributed by atoms with Gasteiger partial charge in [0.2, 0.25) is 3.79 Å². The Morgan fingerprint density at radius 1 is 1.08 bits per heavy atom. The lowest BCUT2D eigenvalue weighted by atomic mass is 10.2. The van der Waals surface area contributed by atoms with Crippen LogP contribution in [0.2, 0.25) is 0 Å². The zero-order chi connectivity index (χ0) is 19.3. The molecule has 1 amide bonds. The van der Waals surface area contributed by atoms with Gasteiger partial charge < -0.3 is 16.0 Å². The SMILES string of the molecule is Cc1ccccc1NC(=S)NC(NC(=O)c1ccccc1I)C(Cl)(Cl)Cl. The monoisotopic (exact) mass is 541 g/mol. The van der Waals surface area contributed by atoms with Crippen molar-refractivity contribution in [1.82, 2.24) is 10.6 Å². The Labute approximate surface area is 186 Å². The lowest BCUT2D eigenvalue weighted by Gasteiger charge is -2.28. The van der Waals surface area contributed by atoms with E-state index in [0.717, 1.165) is 14.8 Å². The first-order valence-electron chi connectivity index (χ1n) is 7.43. The van der Waals surface area contributed by atoms with Gasteiger partial charge in [-0.15, -0.1) is 0 Å². The second kappa shape index (κ2) is 9.41. The topological polar surface area (TPSA) is 53.2 Å². The van der Waals surface area contributed by atoms with Crippen LogP contribution in [0.25, 0.3) is 0 Å². The Kier molecular flexibility index (Phi) is 7.78. The summed E-state index contributed by atoms with van der Waals surface area (Å²) >= 11 is 25.4. The van der Waals surface area contributed by atoms with Crippen molar-refractivity contribution in [2.45, 2.75) is 16.9 Å². The fourth-order valence-corrected chi connectivity index (χ4v) is 3.24. The maximum atomic E-state index is 12.5. The summed E-state index contributed by atoms with van der Waals surface area (Å²) in [5.74, 6) is -0.377. The Morgan fingerprint density at radius 3 is 2.31 bits per heavy atom. The first kappa shape index (κ1) is 21.5. The van der Waals surface area contributed by atoms with Crippen molar-refractivity contribution in [3.63, 3.8) is 0 Å². The molecule has 1 unspecified atom stereocenters. The third-order valence-corrected chi connectivity index (χ3v) is 5.21. The zero-order valence-electron chi connectivity index (χ0n) is 13.5. The number of carbonyl (C=O) groups excluding carboxylic acids is 1. The van der Waals surface area contributed by atoms with Crippen LogP contribution < -0.4 is 16.0 Å². The molecule has 2 rings (SSSR count). The van der Waals surface area contributed by atoms with Crippen LogP contribution in [0.4, 0.5) is 5.69 Å². The van der Waals surface area contributed by atoms with Crippen molar-refractivity contribution < 1.29 is 4.79 Å². The first-order chi connectivity index (χ1) is 12.2. The Bertz CT molecular complexity index is 814. The molecule has 0 bridgehead atoms. The summed E-state index contributed by atoms with van der Waals surface area (Å²) in [6, 6.07) is 14.7. The minimum Gasteiger partial charge on any atom is -0.339 e. The molecule has 4 nitrogen and oxygen atoms in total. The smallest absolute Gasteiger partial charge is 0.254 e. The number of rotatable bonds is 4. The number of alkyl halides is 3. The van der Waals surface area contributed by atoms with Gasteiger partial charge in [-0.25, -0.2) is 0 Å². The van der Waals surface area contributed by atoms with E-state index in [1.54, 1.807) is 12.1 Å². The summed E-state index contributed by atoms with van der Waals surface area (Å²) in [5, 5.41) is 8.76. The highest BCUT2D eigenvalue weighted by atomic mass is 127. The predicted octanol–water partition coefficient (Wildman–Crippen LogP) is 5.01. The van der Waals surface area contributed by atoms with E-state index in [4.69, 9.17) is 47.0 Å². The van der Waals surface area contributed by atoms with Crippen LogP contribution >= 0.6 is 69.6 Å². The molecule has 0 aliphatic carbocycles. The average Bonchev–Trinajstić information content (AvgIpc) is 2.56. The number of aryl methyl sites for hydroxylation is 1. The van der Waals surface area contributed by atoms with Gasteiger partial charge in [-0.1, -0.05) is 65.1 Å². The van der Waals surface area contributed by atoms with Crippen LogP contribution in [0.15, 0.2) is 48.5 Å². The second-order valence-electron chi connectivity index (χ2n) is 5.34. The summed E-state index contributed by atoms with van der Waals surface area (Å²) in [6.45, 7) is 1.94. The number of thiocarbonyl (C=S) groups is 1. The molecule has 2 aromatic rings. The molecule has 0 aromatic heterocycles. The summed E-state index contributed by atoms with van der Waals surface area (Å²) in [4.78, 5) is 12.5. The highest BCUT2D eigenvalue weighted by Gasteiger charge is 2.35. The Balaban J connectivity index is 2.10. The molecular weight excluding hydrogens is 528 g/mol. The van der Waals surface area contributed by atoms with Gasteiger partial charge in [0.25, 0.3) is 5.91 Å². The molecule has 3 N–H and O–H groups in total. The fraction of sp³-hybridized carbons (Fsp3) is 0.176. The van der Waals surface area contributed by atoms with Crippen LogP contribution in [0, 0.1) is 10.5 Å². The average molecular weight is 543 g/mol. The van der Waals surface area contributed by atoms with Gasteiger partial charge in [-0.05, 0) is 65.5 Å². The molecule has 0 saturated heterocycles. The normalized spacial score (nSPS) is 12.2. The van der Waals surface area contributed by atoms with Crippen LogP contribution in [0.5, 0.6) is 0 Å². The lowest BCUT2D eigenvalue weighted by Crippen LogP contribution is -2.56. The Hall–Kier alpha value is -0.800. The van der Waals surface area contributed by atoms with Crippen molar-refractivity contribution in [2.75, 3.05) is 5.32 Å². The second-order valence-corrected chi connectivity index (χ2v) is 9.28. The van der Waals surface area contributed by atoms with Gasteiger partial charge >= 0.3 is 0 Å². The quantitative estimate of drug-likeness (QED) is 0.220. The molecular formula is C17H15Cl3IN3OS. The molecule has 0 aliphatic heterocycles. The number of para-hydroxylation sites is 1. The van der Waals surface area contributed by atoms with Gasteiger partial charge in [0, 0.05) is 9.26 Å².